The lowest BCUT2D eigenvalue weighted by Gasteiger charge is -2.17. The van der Waals surface area contributed by atoms with Crippen molar-refractivity contribution in [3.05, 3.63) is 76.0 Å². The Morgan fingerprint density at radius 2 is 2.10 bits per heavy atom. The van der Waals surface area contributed by atoms with Gasteiger partial charge in [0.05, 0.1) is 17.4 Å². The molecule has 4 rings (SSSR count). The first-order valence-corrected chi connectivity index (χ1v) is 9.59. The molecule has 0 amide bonds. The summed E-state index contributed by atoms with van der Waals surface area (Å²) in [6.45, 7) is 7.19. The van der Waals surface area contributed by atoms with E-state index < -0.39 is 6.10 Å². The normalized spacial score (nSPS) is 14.0. The van der Waals surface area contributed by atoms with Crippen molar-refractivity contribution in [2.75, 3.05) is 6.54 Å². The third-order valence-corrected chi connectivity index (χ3v) is 5.40. The second-order valence-corrected chi connectivity index (χ2v) is 7.42. The van der Waals surface area contributed by atoms with E-state index in [-0.39, 0.29) is 12.6 Å². The smallest absolute Gasteiger partial charge is 0.338 e. The number of aliphatic hydroxyl groups is 1. The molecule has 3 heterocycles. The maximum absolute atomic E-state index is 11.7. The van der Waals surface area contributed by atoms with Gasteiger partial charge in [-0.1, -0.05) is 6.07 Å². The number of ether oxygens (including phenoxy) is 1. The lowest BCUT2D eigenvalue weighted by atomic mass is 9.95. The summed E-state index contributed by atoms with van der Waals surface area (Å²) >= 11 is 0. The topological polar surface area (TPSA) is 89.3 Å². The number of rotatable bonds is 6. The fourth-order valence-electron chi connectivity index (χ4n) is 3.62. The van der Waals surface area contributed by atoms with Crippen LogP contribution in [0.3, 0.4) is 0 Å². The van der Waals surface area contributed by atoms with Crippen LogP contribution in [0.15, 0.2) is 36.9 Å². The van der Waals surface area contributed by atoms with Gasteiger partial charge in [-0.15, -0.1) is 0 Å². The molecule has 7 heteroatoms. The molecular weight excluding hydrogens is 368 g/mol. The average molecular weight is 392 g/mol. The molecule has 150 valence electrons. The number of hydrogen-bond acceptors (Lipinski definition) is 6. The van der Waals surface area contributed by atoms with Gasteiger partial charge in [-0.2, -0.15) is 0 Å². The number of carbonyl (C=O) groups excluding carboxylic acids is 1. The first-order valence-electron chi connectivity index (χ1n) is 9.59. The highest BCUT2D eigenvalue weighted by atomic mass is 16.5. The van der Waals surface area contributed by atoms with Crippen molar-refractivity contribution in [1.82, 2.24) is 19.9 Å². The number of fused-ring (bicyclic) bond motifs is 1. The summed E-state index contributed by atoms with van der Waals surface area (Å²) in [5.41, 5.74) is 6.34. The first-order chi connectivity index (χ1) is 13.9. The summed E-state index contributed by atoms with van der Waals surface area (Å²) in [5.74, 6) is 0.539. The van der Waals surface area contributed by atoms with E-state index >= 15 is 0 Å². The van der Waals surface area contributed by atoms with E-state index in [0.29, 0.717) is 18.7 Å². The number of esters is 1. The summed E-state index contributed by atoms with van der Waals surface area (Å²) in [5, 5.41) is 13.9. The van der Waals surface area contributed by atoms with E-state index in [2.05, 4.69) is 15.3 Å². The van der Waals surface area contributed by atoms with E-state index in [0.717, 1.165) is 39.3 Å². The van der Waals surface area contributed by atoms with E-state index in [9.17, 15) is 9.90 Å². The number of aromatic nitrogens is 3. The van der Waals surface area contributed by atoms with Crippen LogP contribution in [0, 0.1) is 20.8 Å². The van der Waals surface area contributed by atoms with E-state index in [1.54, 1.807) is 12.4 Å². The van der Waals surface area contributed by atoms with Gasteiger partial charge in [0.2, 0.25) is 0 Å². The molecule has 0 unspecified atom stereocenters. The zero-order valence-electron chi connectivity index (χ0n) is 16.8. The second-order valence-electron chi connectivity index (χ2n) is 7.42. The maximum Gasteiger partial charge on any atom is 0.338 e. The standard InChI is InChI=1S/C22H24N4O3/c1-13-6-21(26-10-14(2)25-12-26)24-8-16(13)7-23-9-20(27)17-4-5-18-19(15(17)3)11-29-22(18)28/h4-6,8,10,12,20,23,27H,7,9,11H2,1-3H3/t20-/m0/s1. The monoisotopic (exact) mass is 392 g/mol. The van der Waals surface area contributed by atoms with Crippen molar-refractivity contribution in [1.29, 1.82) is 0 Å². The summed E-state index contributed by atoms with van der Waals surface area (Å²) in [6.07, 6.45) is 4.87. The van der Waals surface area contributed by atoms with Gasteiger partial charge in [0.15, 0.2) is 0 Å². The lowest BCUT2D eigenvalue weighted by Crippen LogP contribution is -2.22. The van der Waals surface area contributed by atoms with Crippen LogP contribution in [-0.2, 0) is 17.9 Å². The minimum absolute atomic E-state index is 0.279. The van der Waals surface area contributed by atoms with Crippen LogP contribution in [0.25, 0.3) is 5.82 Å². The summed E-state index contributed by atoms with van der Waals surface area (Å²) in [7, 11) is 0. The SMILES string of the molecule is Cc1cn(-c2cc(C)c(CNC[C@H](O)c3ccc4c(c3C)COC4=O)cn2)cn1. The van der Waals surface area contributed by atoms with Crippen molar-refractivity contribution < 1.29 is 14.6 Å². The Hall–Kier alpha value is -3.03. The van der Waals surface area contributed by atoms with Crippen LogP contribution < -0.4 is 5.32 Å². The van der Waals surface area contributed by atoms with Crippen molar-refractivity contribution in [3.8, 4) is 5.82 Å². The van der Waals surface area contributed by atoms with Crippen LogP contribution in [0.4, 0.5) is 0 Å². The Labute approximate surface area is 169 Å². The molecule has 1 aliphatic rings. The Morgan fingerprint density at radius 3 is 2.83 bits per heavy atom. The Bertz CT molecular complexity index is 1070. The largest absolute Gasteiger partial charge is 0.457 e. The Kier molecular flexibility index (Phi) is 5.17. The molecule has 1 aliphatic heterocycles. The highest BCUT2D eigenvalue weighted by molar-refractivity contribution is 5.93. The zero-order valence-corrected chi connectivity index (χ0v) is 16.8. The van der Waals surface area contributed by atoms with Gasteiger partial charge in [-0.25, -0.2) is 14.8 Å². The second kappa shape index (κ2) is 7.77. The minimum atomic E-state index is -0.669. The fourth-order valence-corrected chi connectivity index (χ4v) is 3.62. The van der Waals surface area contributed by atoms with Gasteiger partial charge in [0.1, 0.15) is 18.8 Å². The number of imidazole rings is 1. The molecule has 0 spiro atoms. The predicted octanol–water partition coefficient (Wildman–Crippen LogP) is 2.69. The van der Waals surface area contributed by atoms with Gasteiger partial charge in [0, 0.05) is 31.0 Å². The van der Waals surface area contributed by atoms with Crippen LogP contribution in [0.5, 0.6) is 0 Å². The minimum Gasteiger partial charge on any atom is -0.457 e. The molecule has 1 atom stereocenters. The van der Waals surface area contributed by atoms with Crippen LogP contribution >= 0.6 is 0 Å². The lowest BCUT2D eigenvalue weighted by molar-refractivity contribution is 0.0535. The number of nitrogens with zero attached hydrogens (tertiary/aromatic N) is 3. The number of aryl methyl sites for hydroxylation is 2. The van der Waals surface area contributed by atoms with Crippen LogP contribution in [-0.4, -0.2) is 32.2 Å². The van der Waals surface area contributed by atoms with Gasteiger partial charge in [-0.05, 0) is 55.2 Å². The van der Waals surface area contributed by atoms with E-state index in [4.69, 9.17) is 4.74 Å². The quantitative estimate of drug-likeness (QED) is 0.627. The molecular formula is C22H24N4O3. The highest BCUT2D eigenvalue weighted by Gasteiger charge is 2.25. The average Bonchev–Trinajstić information content (AvgIpc) is 3.30. The van der Waals surface area contributed by atoms with Gasteiger partial charge < -0.3 is 15.2 Å². The molecule has 2 aromatic heterocycles. The van der Waals surface area contributed by atoms with Crippen LogP contribution in [0.1, 0.15) is 50.0 Å². The van der Waals surface area contributed by atoms with Crippen molar-refractivity contribution in [2.45, 2.75) is 40.0 Å². The molecule has 3 aromatic rings. The van der Waals surface area contributed by atoms with Crippen molar-refractivity contribution >= 4 is 5.97 Å². The molecule has 0 saturated heterocycles. The molecule has 7 nitrogen and oxygen atoms in total. The third-order valence-electron chi connectivity index (χ3n) is 5.40. The zero-order chi connectivity index (χ0) is 20.5. The Balaban J connectivity index is 1.40. The van der Waals surface area contributed by atoms with Crippen LogP contribution in [0.2, 0.25) is 0 Å². The van der Waals surface area contributed by atoms with Gasteiger partial charge >= 0.3 is 5.97 Å². The predicted molar refractivity (Wildman–Crippen MR) is 108 cm³/mol. The third kappa shape index (κ3) is 3.79. The van der Waals surface area contributed by atoms with E-state index in [1.165, 1.54) is 0 Å². The number of hydrogen-bond donors (Lipinski definition) is 2. The molecule has 0 radical (unpaired) electrons. The number of benzene rings is 1. The first kappa shape index (κ1) is 19.3. The van der Waals surface area contributed by atoms with Crippen molar-refractivity contribution in [2.24, 2.45) is 0 Å². The number of pyridine rings is 1. The molecule has 0 aliphatic carbocycles. The highest BCUT2D eigenvalue weighted by Crippen LogP contribution is 2.28. The van der Waals surface area contributed by atoms with Crippen molar-refractivity contribution in [3.63, 3.8) is 0 Å². The molecule has 1 aromatic carbocycles. The number of carbonyl (C=O) groups is 1. The molecule has 0 saturated carbocycles. The summed E-state index contributed by atoms with van der Waals surface area (Å²) < 4.78 is 6.98. The fraction of sp³-hybridized carbons (Fsp3) is 0.318. The van der Waals surface area contributed by atoms with Gasteiger partial charge in [-0.3, -0.25) is 4.57 Å². The summed E-state index contributed by atoms with van der Waals surface area (Å²) in [6, 6.07) is 5.57. The molecule has 0 bridgehead atoms. The number of aliphatic hydroxyl groups excluding tert-OH is 1. The van der Waals surface area contributed by atoms with Gasteiger partial charge in [0.25, 0.3) is 0 Å². The molecule has 0 fully saturated rings. The Morgan fingerprint density at radius 1 is 1.28 bits per heavy atom. The van der Waals surface area contributed by atoms with E-state index in [1.807, 2.05) is 49.9 Å². The molecule has 29 heavy (non-hydrogen) atoms. The molecule has 2 N–H and O–H groups in total. The maximum atomic E-state index is 11.7. The number of nitrogens with one attached hydrogen (secondary N) is 1. The number of cyclic esters (lactones) is 1. The summed E-state index contributed by atoms with van der Waals surface area (Å²) in [4.78, 5) is 20.4.